The van der Waals surface area contributed by atoms with E-state index in [9.17, 15) is 9.18 Å². The van der Waals surface area contributed by atoms with Gasteiger partial charge in [0.2, 0.25) is 5.01 Å². The molecule has 7 heteroatoms. The Morgan fingerprint density at radius 3 is 2.75 bits per heavy atom. The van der Waals surface area contributed by atoms with E-state index in [1.54, 1.807) is 13.0 Å². The number of aromatic nitrogens is 1. The standard InChI is InChI=1S/C17H20FN3O2S/c1-2-23-17(22)16-19-13(12-24-16)11-20-7-9-21(10-8-20)15-6-4-3-5-14(15)18/h3-6,12H,2,7-11H2,1H3. The molecule has 1 aliphatic rings. The lowest BCUT2D eigenvalue weighted by Crippen LogP contribution is -2.46. The molecule has 0 atom stereocenters. The summed E-state index contributed by atoms with van der Waals surface area (Å²) in [6.45, 7) is 6.04. The van der Waals surface area contributed by atoms with Crippen LogP contribution in [0.4, 0.5) is 10.1 Å². The molecule has 0 spiro atoms. The number of nitrogens with zero attached hydrogens (tertiary/aromatic N) is 3. The molecule has 1 aliphatic heterocycles. The van der Waals surface area contributed by atoms with Crippen LogP contribution < -0.4 is 4.90 Å². The topological polar surface area (TPSA) is 45.7 Å². The van der Waals surface area contributed by atoms with Crippen LogP contribution in [-0.2, 0) is 11.3 Å². The zero-order chi connectivity index (χ0) is 16.9. The van der Waals surface area contributed by atoms with E-state index in [-0.39, 0.29) is 11.8 Å². The average molecular weight is 349 g/mol. The number of esters is 1. The molecule has 0 N–H and O–H groups in total. The maximum Gasteiger partial charge on any atom is 0.367 e. The fourth-order valence-electron chi connectivity index (χ4n) is 2.75. The van der Waals surface area contributed by atoms with Gasteiger partial charge in [-0.25, -0.2) is 14.2 Å². The fraction of sp³-hybridized carbons (Fsp3) is 0.412. The van der Waals surface area contributed by atoms with Crippen molar-refractivity contribution in [2.24, 2.45) is 0 Å². The van der Waals surface area contributed by atoms with Gasteiger partial charge in [0, 0.05) is 38.1 Å². The largest absolute Gasteiger partial charge is 0.461 e. The molecule has 2 heterocycles. The summed E-state index contributed by atoms with van der Waals surface area (Å²) < 4.78 is 18.8. The van der Waals surface area contributed by atoms with Gasteiger partial charge < -0.3 is 9.64 Å². The molecular formula is C17H20FN3O2S. The number of halogens is 1. The lowest BCUT2D eigenvalue weighted by Gasteiger charge is -2.35. The fourth-order valence-corrected chi connectivity index (χ4v) is 3.45. The Hall–Kier alpha value is -1.99. The van der Waals surface area contributed by atoms with Crippen LogP contribution in [0.3, 0.4) is 0 Å². The zero-order valence-electron chi connectivity index (χ0n) is 13.6. The minimum atomic E-state index is -0.363. The molecule has 1 aromatic heterocycles. The number of rotatable bonds is 5. The molecule has 5 nitrogen and oxygen atoms in total. The second-order valence-corrected chi connectivity index (χ2v) is 6.44. The first-order valence-electron chi connectivity index (χ1n) is 8.00. The number of anilines is 1. The summed E-state index contributed by atoms with van der Waals surface area (Å²) in [5, 5.41) is 2.30. The first-order valence-corrected chi connectivity index (χ1v) is 8.88. The molecule has 1 fully saturated rings. The van der Waals surface area contributed by atoms with Gasteiger partial charge in [0.1, 0.15) is 5.82 Å². The third-order valence-electron chi connectivity index (χ3n) is 3.95. The van der Waals surface area contributed by atoms with Crippen molar-refractivity contribution in [1.29, 1.82) is 0 Å². The SMILES string of the molecule is CCOC(=O)c1nc(CN2CCN(c3ccccc3F)CC2)cs1. The van der Waals surface area contributed by atoms with Crippen LogP contribution in [0.15, 0.2) is 29.6 Å². The molecule has 24 heavy (non-hydrogen) atoms. The van der Waals surface area contributed by atoms with E-state index >= 15 is 0 Å². The Labute approximate surface area is 144 Å². The normalized spacial score (nSPS) is 15.5. The van der Waals surface area contributed by atoms with E-state index in [1.165, 1.54) is 17.4 Å². The number of benzene rings is 1. The lowest BCUT2D eigenvalue weighted by atomic mass is 10.2. The number of para-hydroxylation sites is 1. The number of hydrogen-bond acceptors (Lipinski definition) is 6. The summed E-state index contributed by atoms with van der Waals surface area (Å²) >= 11 is 1.31. The van der Waals surface area contributed by atoms with Crippen LogP contribution >= 0.6 is 11.3 Å². The number of carbonyl (C=O) groups excluding carboxylic acids is 1. The maximum absolute atomic E-state index is 13.9. The molecule has 1 aromatic carbocycles. The molecule has 0 amide bonds. The van der Waals surface area contributed by atoms with Gasteiger partial charge in [-0.2, -0.15) is 0 Å². The minimum absolute atomic E-state index is 0.176. The van der Waals surface area contributed by atoms with Crippen molar-refractivity contribution in [3.05, 3.63) is 46.2 Å². The molecule has 0 bridgehead atoms. The number of piperazine rings is 1. The summed E-state index contributed by atoms with van der Waals surface area (Å²) in [7, 11) is 0. The highest BCUT2D eigenvalue weighted by Gasteiger charge is 2.20. The van der Waals surface area contributed by atoms with E-state index in [0.29, 0.717) is 23.8 Å². The summed E-state index contributed by atoms with van der Waals surface area (Å²) in [6.07, 6.45) is 0. The zero-order valence-corrected chi connectivity index (χ0v) is 14.4. The summed E-state index contributed by atoms with van der Waals surface area (Å²) in [6, 6.07) is 6.88. The first kappa shape index (κ1) is 16.9. The Balaban J connectivity index is 1.54. The number of hydrogen-bond donors (Lipinski definition) is 0. The maximum atomic E-state index is 13.9. The van der Waals surface area contributed by atoms with Crippen LogP contribution in [0, 0.1) is 5.82 Å². The highest BCUT2D eigenvalue weighted by atomic mass is 32.1. The Morgan fingerprint density at radius 1 is 1.29 bits per heavy atom. The van der Waals surface area contributed by atoms with Crippen molar-refractivity contribution in [3.8, 4) is 0 Å². The van der Waals surface area contributed by atoms with Gasteiger partial charge in [-0.15, -0.1) is 11.3 Å². The predicted octanol–water partition coefficient (Wildman–Crippen LogP) is 2.78. The molecule has 3 rings (SSSR count). The molecule has 128 valence electrons. The average Bonchev–Trinajstić information content (AvgIpc) is 3.05. The van der Waals surface area contributed by atoms with Crippen LogP contribution in [0.2, 0.25) is 0 Å². The van der Waals surface area contributed by atoms with Crippen molar-refractivity contribution < 1.29 is 13.9 Å². The van der Waals surface area contributed by atoms with Crippen molar-refractivity contribution in [2.75, 3.05) is 37.7 Å². The van der Waals surface area contributed by atoms with Gasteiger partial charge in [0.25, 0.3) is 0 Å². The lowest BCUT2D eigenvalue weighted by molar-refractivity contribution is 0.0525. The minimum Gasteiger partial charge on any atom is -0.461 e. The van der Waals surface area contributed by atoms with E-state index in [1.807, 2.05) is 17.5 Å². The van der Waals surface area contributed by atoms with Crippen LogP contribution in [-0.4, -0.2) is 48.6 Å². The van der Waals surface area contributed by atoms with Crippen molar-refractivity contribution in [3.63, 3.8) is 0 Å². The van der Waals surface area contributed by atoms with E-state index in [0.717, 1.165) is 31.9 Å². The Bertz CT molecular complexity index is 699. The van der Waals surface area contributed by atoms with Crippen LogP contribution in [0.1, 0.15) is 22.4 Å². The molecule has 0 aliphatic carbocycles. The number of ether oxygens (including phenoxy) is 1. The van der Waals surface area contributed by atoms with E-state index < -0.39 is 0 Å². The van der Waals surface area contributed by atoms with E-state index in [4.69, 9.17) is 4.74 Å². The molecular weight excluding hydrogens is 329 g/mol. The van der Waals surface area contributed by atoms with Crippen molar-refractivity contribution in [1.82, 2.24) is 9.88 Å². The first-order chi connectivity index (χ1) is 11.7. The molecule has 0 saturated carbocycles. The van der Waals surface area contributed by atoms with Crippen molar-refractivity contribution >= 4 is 23.0 Å². The second kappa shape index (κ2) is 7.72. The smallest absolute Gasteiger partial charge is 0.367 e. The summed E-state index contributed by atoms with van der Waals surface area (Å²) in [4.78, 5) is 20.3. The molecule has 0 radical (unpaired) electrons. The van der Waals surface area contributed by atoms with Gasteiger partial charge in [0.15, 0.2) is 0 Å². The molecule has 2 aromatic rings. The van der Waals surface area contributed by atoms with Gasteiger partial charge in [-0.1, -0.05) is 12.1 Å². The highest BCUT2D eigenvalue weighted by molar-refractivity contribution is 7.11. The second-order valence-electron chi connectivity index (χ2n) is 5.58. The third kappa shape index (κ3) is 3.91. The van der Waals surface area contributed by atoms with E-state index in [2.05, 4.69) is 14.8 Å². The number of thiazole rings is 1. The Kier molecular flexibility index (Phi) is 5.42. The Morgan fingerprint density at radius 2 is 2.04 bits per heavy atom. The summed E-state index contributed by atoms with van der Waals surface area (Å²) in [5.74, 6) is -0.539. The van der Waals surface area contributed by atoms with Crippen LogP contribution in [0.25, 0.3) is 0 Å². The molecule has 0 unspecified atom stereocenters. The number of carbonyl (C=O) groups is 1. The van der Waals surface area contributed by atoms with Gasteiger partial charge in [0.05, 0.1) is 18.0 Å². The van der Waals surface area contributed by atoms with Gasteiger partial charge in [-0.3, -0.25) is 4.90 Å². The summed E-state index contributed by atoms with van der Waals surface area (Å²) in [5.41, 5.74) is 1.54. The van der Waals surface area contributed by atoms with Gasteiger partial charge in [-0.05, 0) is 19.1 Å². The predicted molar refractivity (Wildman–Crippen MR) is 92.0 cm³/mol. The van der Waals surface area contributed by atoms with Crippen LogP contribution in [0.5, 0.6) is 0 Å². The van der Waals surface area contributed by atoms with Crippen molar-refractivity contribution in [2.45, 2.75) is 13.5 Å². The molecule has 1 saturated heterocycles. The third-order valence-corrected chi connectivity index (χ3v) is 4.82. The highest BCUT2D eigenvalue weighted by Crippen LogP contribution is 2.21. The quantitative estimate of drug-likeness (QED) is 0.777. The van der Waals surface area contributed by atoms with Gasteiger partial charge >= 0.3 is 5.97 Å². The monoisotopic (exact) mass is 349 g/mol.